The second-order valence-electron chi connectivity index (χ2n) is 5.40. The molecule has 26 heavy (non-hydrogen) atoms. The average Bonchev–Trinajstić information content (AvgIpc) is 3.05. The van der Waals surface area contributed by atoms with Crippen molar-refractivity contribution in [2.24, 2.45) is 0 Å². The first kappa shape index (κ1) is 19.7. The normalized spacial score (nSPS) is 10.2. The highest BCUT2D eigenvalue weighted by Crippen LogP contribution is 2.35. The van der Waals surface area contributed by atoms with Crippen LogP contribution in [0.5, 0.6) is 0 Å². The molecule has 0 aliphatic rings. The van der Waals surface area contributed by atoms with Gasteiger partial charge < -0.3 is 14.8 Å². The maximum absolute atomic E-state index is 12.2. The minimum absolute atomic E-state index is 0.233. The number of carbonyl (C=O) groups excluding carboxylic acids is 3. The fourth-order valence-electron chi connectivity index (χ4n) is 2.17. The number of nitrogens with one attached hydrogen (secondary N) is 1. The highest BCUT2D eigenvalue weighted by Gasteiger charge is 2.20. The number of hydrogen-bond acceptors (Lipinski definition) is 6. The van der Waals surface area contributed by atoms with E-state index in [1.54, 1.807) is 13.0 Å². The second-order valence-corrected chi connectivity index (χ2v) is 6.45. The number of ether oxygens (including phenoxy) is 2. The van der Waals surface area contributed by atoms with E-state index in [-0.39, 0.29) is 25.2 Å². The quantitative estimate of drug-likeness (QED) is 0.708. The fourth-order valence-corrected chi connectivity index (χ4v) is 3.24. The van der Waals surface area contributed by atoms with Gasteiger partial charge in [0, 0.05) is 11.3 Å². The van der Waals surface area contributed by atoms with Crippen LogP contribution in [-0.4, -0.2) is 31.1 Å². The summed E-state index contributed by atoms with van der Waals surface area (Å²) in [7, 11) is 0. The molecule has 7 heteroatoms. The van der Waals surface area contributed by atoms with E-state index in [0.29, 0.717) is 11.4 Å². The molecule has 0 saturated carbocycles. The molecule has 0 unspecified atom stereocenters. The SMILES string of the molecule is CCCC(=O)OCC(=O)Nc1sc(-c2ccccc2)cc1C(=O)OCC. The highest BCUT2D eigenvalue weighted by atomic mass is 32.1. The molecule has 0 bridgehead atoms. The number of amides is 1. The van der Waals surface area contributed by atoms with Crippen LogP contribution in [0.15, 0.2) is 36.4 Å². The number of rotatable bonds is 8. The van der Waals surface area contributed by atoms with Crippen LogP contribution in [0.3, 0.4) is 0 Å². The van der Waals surface area contributed by atoms with Gasteiger partial charge in [0.25, 0.3) is 5.91 Å². The Morgan fingerprint density at radius 1 is 1.08 bits per heavy atom. The molecule has 1 heterocycles. The Morgan fingerprint density at radius 3 is 2.46 bits per heavy atom. The lowest BCUT2D eigenvalue weighted by molar-refractivity contribution is -0.147. The first-order valence-electron chi connectivity index (χ1n) is 8.37. The van der Waals surface area contributed by atoms with E-state index in [4.69, 9.17) is 9.47 Å². The van der Waals surface area contributed by atoms with Crippen LogP contribution in [0.25, 0.3) is 10.4 Å². The lowest BCUT2D eigenvalue weighted by Gasteiger charge is -2.06. The van der Waals surface area contributed by atoms with Gasteiger partial charge in [-0.3, -0.25) is 9.59 Å². The van der Waals surface area contributed by atoms with Gasteiger partial charge in [0.15, 0.2) is 6.61 Å². The van der Waals surface area contributed by atoms with Crippen LogP contribution in [0, 0.1) is 0 Å². The average molecular weight is 375 g/mol. The van der Waals surface area contributed by atoms with Crippen molar-refractivity contribution < 1.29 is 23.9 Å². The van der Waals surface area contributed by atoms with E-state index in [0.717, 1.165) is 10.4 Å². The van der Waals surface area contributed by atoms with Crippen molar-refractivity contribution in [3.8, 4) is 10.4 Å². The molecule has 2 aromatic rings. The third kappa shape index (κ3) is 5.42. The topological polar surface area (TPSA) is 81.7 Å². The summed E-state index contributed by atoms with van der Waals surface area (Å²) < 4.78 is 9.95. The van der Waals surface area contributed by atoms with Gasteiger partial charge in [-0.15, -0.1) is 11.3 Å². The molecule has 1 amide bonds. The summed E-state index contributed by atoms with van der Waals surface area (Å²) in [5, 5.41) is 3.01. The Morgan fingerprint density at radius 2 is 1.81 bits per heavy atom. The third-order valence-electron chi connectivity index (χ3n) is 3.36. The van der Waals surface area contributed by atoms with Crippen LogP contribution < -0.4 is 5.32 Å². The maximum Gasteiger partial charge on any atom is 0.341 e. The number of anilines is 1. The van der Waals surface area contributed by atoms with Crippen LogP contribution in [-0.2, 0) is 19.1 Å². The summed E-state index contributed by atoms with van der Waals surface area (Å²) in [6.45, 7) is 3.41. The molecule has 0 atom stereocenters. The molecular weight excluding hydrogens is 354 g/mol. The van der Waals surface area contributed by atoms with Gasteiger partial charge in [0.1, 0.15) is 5.00 Å². The van der Waals surface area contributed by atoms with E-state index < -0.39 is 17.8 Å². The molecule has 0 spiro atoms. The number of thiophene rings is 1. The minimum atomic E-state index is -0.510. The summed E-state index contributed by atoms with van der Waals surface area (Å²) in [5.41, 5.74) is 1.21. The van der Waals surface area contributed by atoms with Crippen molar-refractivity contribution in [3.63, 3.8) is 0 Å². The molecule has 138 valence electrons. The Balaban J connectivity index is 2.17. The smallest absolute Gasteiger partial charge is 0.341 e. The van der Waals surface area contributed by atoms with Crippen molar-refractivity contribution in [2.45, 2.75) is 26.7 Å². The van der Waals surface area contributed by atoms with Crippen LogP contribution in [0.2, 0.25) is 0 Å². The largest absolute Gasteiger partial charge is 0.462 e. The number of hydrogen-bond donors (Lipinski definition) is 1. The minimum Gasteiger partial charge on any atom is -0.462 e. The van der Waals surface area contributed by atoms with Crippen molar-refractivity contribution in [2.75, 3.05) is 18.5 Å². The third-order valence-corrected chi connectivity index (χ3v) is 4.46. The zero-order valence-corrected chi connectivity index (χ0v) is 15.6. The van der Waals surface area contributed by atoms with E-state index >= 15 is 0 Å². The number of esters is 2. The van der Waals surface area contributed by atoms with Crippen LogP contribution >= 0.6 is 11.3 Å². The molecular formula is C19H21NO5S. The number of benzene rings is 1. The Kier molecular flexibility index (Phi) is 7.35. The molecule has 1 N–H and O–H groups in total. The van der Waals surface area contributed by atoms with E-state index in [1.165, 1.54) is 11.3 Å². The monoisotopic (exact) mass is 375 g/mol. The van der Waals surface area contributed by atoms with Crippen molar-refractivity contribution in [1.82, 2.24) is 0 Å². The molecule has 1 aromatic heterocycles. The van der Waals surface area contributed by atoms with E-state index in [1.807, 2.05) is 37.3 Å². The van der Waals surface area contributed by atoms with E-state index in [2.05, 4.69) is 5.32 Å². The Hall–Kier alpha value is -2.67. The van der Waals surface area contributed by atoms with Crippen molar-refractivity contribution >= 4 is 34.2 Å². The van der Waals surface area contributed by atoms with Crippen molar-refractivity contribution in [3.05, 3.63) is 42.0 Å². The van der Waals surface area contributed by atoms with Crippen LogP contribution in [0.1, 0.15) is 37.0 Å². The molecule has 0 fully saturated rings. The molecule has 0 aliphatic carbocycles. The highest BCUT2D eigenvalue weighted by molar-refractivity contribution is 7.20. The van der Waals surface area contributed by atoms with Gasteiger partial charge in [0.2, 0.25) is 0 Å². The van der Waals surface area contributed by atoms with Gasteiger partial charge in [-0.1, -0.05) is 37.3 Å². The summed E-state index contributed by atoms with van der Waals surface area (Å²) in [6.07, 6.45) is 0.914. The first-order chi connectivity index (χ1) is 12.5. The van der Waals surface area contributed by atoms with Gasteiger partial charge in [-0.2, -0.15) is 0 Å². The first-order valence-corrected chi connectivity index (χ1v) is 9.18. The molecule has 1 aromatic carbocycles. The van der Waals surface area contributed by atoms with Crippen molar-refractivity contribution in [1.29, 1.82) is 0 Å². The van der Waals surface area contributed by atoms with E-state index in [9.17, 15) is 14.4 Å². The van der Waals surface area contributed by atoms with Gasteiger partial charge in [-0.25, -0.2) is 4.79 Å². The predicted molar refractivity (Wildman–Crippen MR) is 100 cm³/mol. The standard InChI is InChI=1S/C19H21NO5S/c1-3-8-17(22)25-12-16(21)20-18-14(19(23)24-4-2)11-15(26-18)13-9-6-5-7-10-13/h5-7,9-11H,3-4,8,12H2,1-2H3,(H,20,21). The van der Waals surface area contributed by atoms with Crippen LogP contribution in [0.4, 0.5) is 5.00 Å². The number of carbonyl (C=O) groups is 3. The zero-order chi connectivity index (χ0) is 18.9. The second kappa shape index (κ2) is 9.72. The predicted octanol–water partition coefficient (Wildman–Crippen LogP) is 3.87. The molecule has 6 nitrogen and oxygen atoms in total. The summed E-state index contributed by atoms with van der Waals surface area (Å²) >= 11 is 1.27. The molecule has 2 rings (SSSR count). The molecule has 0 radical (unpaired) electrons. The van der Waals surface area contributed by atoms with Gasteiger partial charge >= 0.3 is 11.9 Å². The molecule has 0 saturated heterocycles. The Bertz CT molecular complexity index is 769. The van der Waals surface area contributed by atoms with Gasteiger partial charge in [-0.05, 0) is 25.0 Å². The summed E-state index contributed by atoms with van der Waals surface area (Å²) in [6, 6.07) is 11.2. The van der Waals surface area contributed by atoms with Gasteiger partial charge in [0.05, 0.1) is 12.2 Å². The fraction of sp³-hybridized carbons (Fsp3) is 0.316. The lowest BCUT2D eigenvalue weighted by atomic mass is 10.1. The summed E-state index contributed by atoms with van der Waals surface area (Å²) in [4.78, 5) is 36.5. The Labute approximate surface area is 156 Å². The zero-order valence-electron chi connectivity index (χ0n) is 14.7. The lowest BCUT2D eigenvalue weighted by Crippen LogP contribution is -2.21. The maximum atomic E-state index is 12.2. The molecule has 0 aliphatic heterocycles. The summed E-state index contributed by atoms with van der Waals surface area (Å²) in [5.74, 6) is -1.44.